The monoisotopic (exact) mass is 367 g/mol. The topological polar surface area (TPSA) is 33.1 Å². The number of benzene rings is 2. The van der Waals surface area contributed by atoms with Gasteiger partial charge in [-0.1, -0.05) is 12.1 Å². The molecule has 0 unspecified atom stereocenters. The number of fused-ring (bicyclic) bond motifs is 1. The van der Waals surface area contributed by atoms with Gasteiger partial charge in [0.25, 0.3) is 0 Å². The highest BCUT2D eigenvalue weighted by Crippen LogP contribution is 2.33. The normalized spacial score (nSPS) is 11.0. The number of aryl methyl sites for hydroxylation is 1. The average Bonchev–Trinajstić information content (AvgIpc) is 2.75. The third-order valence-electron chi connectivity index (χ3n) is 2.74. The molecule has 0 fully saturated rings. The average molecular weight is 367 g/mol. The van der Waals surface area contributed by atoms with Crippen LogP contribution in [0, 0.1) is 10.5 Å². The van der Waals surface area contributed by atoms with Crippen molar-refractivity contribution in [2.24, 2.45) is 0 Å². The molecule has 18 heavy (non-hydrogen) atoms. The zero-order chi connectivity index (χ0) is 12.7. The number of phenolic OH excluding ortho intramolecular Hbond substituents is 1. The fourth-order valence-corrected chi connectivity index (χ4v) is 3.20. The van der Waals surface area contributed by atoms with Gasteiger partial charge in [-0.05, 0) is 59.3 Å². The van der Waals surface area contributed by atoms with E-state index in [-0.39, 0.29) is 0 Å². The molecule has 0 amide bonds. The largest absolute Gasteiger partial charge is 0.507 e. The van der Waals surface area contributed by atoms with Crippen molar-refractivity contribution in [1.82, 2.24) is 4.98 Å². The molecular weight excluding hydrogens is 357 g/mol. The number of hydrogen-bond acceptors (Lipinski definition) is 3. The number of halogens is 1. The number of aromatic nitrogens is 1. The first-order valence-corrected chi connectivity index (χ1v) is 7.39. The lowest BCUT2D eigenvalue weighted by Crippen LogP contribution is -1.78. The Labute approximate surface area is 122 Å². The van der Waals surface area contributed by atoms with E-state index in [9.17, 15) is 5.11 Å². The summed E-state index contributed by atoms with van der Waals surface area (Å²) in [6, 6.07) is 11.9. The van der Waals surface area contributed by atoms with E-state index in [4.69, 9.17) is 0 Å². The van der Waals surface area contributed by atoms with E-state index in [1.165, 1.54) is 10.3 Å². The maximum atomic E-state index is 9.75. The zero-order valence-electron chi connectivity index (χ0n) is 9.64. The molecule has 4 heteroatoms. The summed E-state index contributed by atoms with van der Waals surface area (Å²) in [6.07, 6.45) is 0. The Morgan fingerprint density at radius 3 is 2.78 bits per heavy atom. The highest BCUT2D eigenvalue weighted by Gasteiger charge is 2.08. The molecule has 3 rings (SSSR count). The van der Waals surface area contributed by atoms with E-state index in [2.05, 4.69) is 46.6 Å². The molecule has 2 aromatic carbocycles. The molecule has 0 spiro atoms. The van der Waals surface area contributed by atoms with Gasteiger partial charge < -0.3 is 5.11 Å². The van der Waals surface area contributed by atoms with E-state index < -0.39 is 0 Å². The molecule has 1 aromatic heterocycles. The summed E-state index contributed by atoms with van der Waals surface area (Å²) in [4.78, 5) is 4.60. The van der Waals surface area contributed by atoms with Crippen LogP contribution in [0.2, 0.25) is 0 Å². The van der Waals surface area contributed by atoms with Gasteiger partial charge in [-0.25, -0.2) is 4.98 Å². The first-order chi connectivity index (χ1) is 8.63. The Hall–Kier alpha value is -1.14. The van der Waals surface area contributed by atoms with Crippen LogP contribution in [0.4, 0.5) is 0 Å². The van der Waals surface area contributed by atoms with Crippen molar-refractivity contribution in [2.45, 2.75) is 6.92 Å². The van der Waals surface area contributed by atoms with E-state index in [1.807, 2.05) is 18.2 Å². The molecule has 0 aliphatic heterocycles. The second-order valence-electron chi connectivity index (χ2n) is 4.16. The molecule has 0 aliphatic rings. The van der Waals surface area contributed by atoms with Crippen LogP contribution < -0.4 is 0 Å². The molecule has 2 nitrogen and oxygen atoms in total. The molecule has 0 atom stereocenters. The molecular formula is C14H10INOS. The van der Waals surface area contributed by atoms with Crippen LogP contribution in [0.25, 0.3) is 20.8 Å². The first kappa shape index (κ1) is 11.9. The maximum absolute atomic E-state index is 9.75. The van der Waals surface area contributed by atoms with Crippen molar-refractivity contribution in [3.05, 3.63) is 45.5 Å². The van der Waals surface area contributed by atoms with Gasteiger partial charge in [-0.2, -0.15) is 0 Å². The van der Waals surface area contributed by atoms with E-state index in [0.717, 1.165) is 19.7 Å². The standard InChI is InChI=1S/C14H10INOS/c1-8-2-5-11-13(6-8)18-14(16-11)9-3-4-10(15)12(17)7-9/h2-7,17H,1H3. The highest BCUT2D eigenvalue weighted by molar-refractivity contribution is 14.1. The van der Waals surface area contributed by atoms with Crippen molar-refractivity contribution in [1.29, 1.82) is 0 Å². The molecule has 0 radical (unpaired) electrons. The van der Waals surface area contributed by atoms with Crippen molar-refractivity contribution in [2.75, 3.05) is 0 Å². The second-order valence-corrected chi connectivity index (χ2v) is 6.35. The number of hydrogen-bond donors (Lipinski definition) is 1. The van der Waals surface area contributed by atoms with Crippen LogP contribution in [0.15, 0.2) is 36.4 Å². The Morgan fingerprint density at radius 1 is 1.17 bits per heavy atom. The van der Waals surface area contributed by atoms with Crippen LogP contribution in [-0.4, -0.2) is 10.1 Å². The lowest BCUT2D eigenvalue weighted by molar-refractivity contribution is 0.472. The molecule has 0 saturated heterocycles. The number of nitrogens with zero attached hydrogens (tertiary/aromatic N) is 1. The van der Waals surface area contributed by atoms with Gasteiger partial charge >= 0.3 is 0 Å². The van der Waals surface area contributed by atoms with Gasteiger partial charge in [0.1, 0.15) is 10.8 Å². The molecule has 0 aliphatic carbocycles. The van der Waals surface area contributed by atoms with Gasteiger partial charge in [0.15, 0.2) is 0 Å². The summed E-state index contributed by atoms with van der Waals surface area (Å²) in [5.41, 5.74) is 3.22. The summed E-state index contributed by atoms with van der Waals surface area (Å²) in [7, 11) is 0. The van der Waals surface area contributed by atoms with Crippen LogP contribution in [-0.2, 0) is 0 Å². The van der Waals surface area contributed by atoms with E-state index >= 15 is 0 Å². The van der Waals surface area contributed by atoms with Crippen molar-refractivity contribution >= 4 is 44.1 Å². The van der Waals surface area contributed by atoms with Gasteiger partial charge in [-0.15, -0.1) is 11.3 Å². The van der Waals surface area contributed by atoms with Crippen molar-refractivity contribution in [3.63, 3.8) is 0 Å². The molecule has 90 valence electrons. The third-order valence-corrected chi connectivity index (χ3v) is 4.72. The van der Waals surface area contributed by atoms with Gasteiger partial charge in [0.2, 0.25) is 0 Å². The predicted octanol–water partition coefficient (Wildman–Crippen LogP) is 4.58. The number of phenols is 1. The summed E-state index contributed by atoms with van der Waals surface area (Å²) >= 11 is 3.77. The van der Waals surface area contributed by atoms with Crippen LogP contribution in [0.3, 0.4) is 0 Å². The summed E-state index contributed by atoms with van der Waals surface area (Å²) in [6.45, 7) is 2.08. The third kappa shape index (κ3) is 2.10. The molecule has 0 saturated carbocycles. The number of thiazole rings is 1. The number of aromatic hydroxyl groups is 1. The van der Waals surface area contributed by atoms with Crippen molar-refractivity contribution in [3.8, 4) is 16.3 Å². The maximum Gasteiger partial charge on any atom is 0.129 e. The molecule has 0 bridgehead atoms. The summed E-state index contributed by atoms with van der Waals surface area (Å²) in [5, 5.41) is 10.7. The summed E-state index contributed by atoms with van der Waals surface area (Å²) in [5.74, 6) is 0.309. The van der Waals surface area contributed by atoms with Crippen molar-refractivity contribution < 1.29 is 5.11 Å². The minimum absolute atomic E-state index is 0.309. The van der Waals surface area contributed by atoms with Gasteiger partial charge in [0.05, 0.1) is 13.8 Å². The minimum Gasteiger partial charge on any atom is -0.507 e. The quantitative estimate of drug-likeness (QED) is 0.639. The Bertz CT molecular complexity index is 736. The van der Waals surface area contributed by atoms with Crippen LogP contribution >= 0.6 is 33.9 Å². The van der Waals surface area contributed by atoms with E-state index in [0.29, 0.717) is 5.75 Å². The molecule has 1 N–H and O–H groups in total. The van der Waals surface area contributed by atoms with Crippen LogP contribution in [0.5, 0.6) is 5.75 Å². The predicted molar refractivity (Wildman–Crippen MR) is 84.2 cm³/mol. The van der Waals surface area contributed by atoms with Gasteiger partial charge in [0, 0.05) is 5.56 Å². The fraction of sp³-hybridized carbons (Fsp3) is 0.0714. The Kier molecular flexibility index (Phi) is 2.99. The zero-order valence-corrected chi connectivity index (χ0v) is 12.6. The summed E-state index contributed by atoms with van der Waals surface area (Å²) < 4.78 is 2.04. The number of rotatable bonds is 1. The smallest absolute Gasteiger partial charge is 0.129 e. The van der Waals surface area contributed by atoms with E-state index in [1.54, 1.807) is 17.4 Å². The van der Waals surface area contributed by atoms with Crippen LogP contribution in [0.1, 0.15) is 5.56 Å². The second kappa shape index (κ2) is 4.51. The minimum atomic E-state index is 0.309. The Morgan fingerprint density at radius 2 is 2.00 bits per heavy atom. The Balaban J connectivity index is 2.16. The molecule has 1 heterocycles. The lowest BCUT2D eigenvalue weighted by atomic mass is 10.2. The first-order valence-electron chi connectivity index (χ1n) is 5.49. The molecule has 3 aromatic rings. The lowest BCUT2D eigenvalue weighted by Gasteiger charge is -1.99. The SMILES string of the molecule is Cc1ccc2nc(-c3ccc(I)c(O)c3)sc2c1. The van der Waals surface area contributed by atoms with Gasteiger partial charge in [-0.3, -0.25) is 0 Å². The fourth-order valence-electron chi connectivity index (χ4n) is 1.80. The highest BCUT2D eigenvalue weighted by atomic mass is 127.